The number of nitrogens with one attached hydrogen (secondary N) is 1. The van der Waals surface area contributed by atoms with E-state index in [1.54, 1.807) is 29.9 Å². The van der Waals surface area contributed by atoms with E-state index in [1.165, 1.54) is 11.3 Å². The molecule has 0 atom stereocenters. The Morgan fingerprint density at radius 1 is 1.29 bits per heavy atom. The van der Waals surface area contributed by atoms with Crippen molar-refractivity contribution in [1.29, 1.82) is 0 Å². The van der Waals surface area contributed by atoms with E-state index in [-0.39, 0.29) is 11.4 Å². The number of carbonyl (C=O) groups excluding carboxylic acids is 1. The average molecular weight is 305 g/mol. The number of hydrogen-bond donors (Lipinski definition) is 1. The fraction of sp³-hybridized carbons (Fsp3) is 0.429. The fourth-order valence-corrected chi connectivity index (χ4v) is 2.18. The molecule has 0 aliphatic carbocycles. The van der Waals surface area contributed by atoms with E-state index in [1.807, 2.05) is 26.2 Å². The van der Waals surface area contributed by atoms with Gasteiger partial charge in [-0.25, -0.2) is 19.7 Å². The number of rotatable bonds is 3. The van der Waals surface area contributed by atoms with Gasteiger partial charge in [0.25, 0.3) is 0 Å². The summed E-state index contributed by atoms with van der Waals surface area (Å²) in [7, 11) is 1.72. The molecule has 2 heterocycles. The highest BCUT2D eigenvalue weighted by Gasteiger charge is 2.17. The van der Waals surface area contributed by atoms with E-state index in [0.717, 1.165) is 11.5 Å². The number of anilines is 1. The molecule has 0 spiro atoms. The zero-order valence-electron chi connectivity index (χ0n) is 12.6. The number of amides is 2. The number of carbonyl (C=O) groups is 1. The highest BCUT2D eigenvalue weighted by atomic mass is 32.1. The third-order valence-corrected chi connectivity index (χ3v) is 3.44. The van der Waals surface area contributed by atoms with Gasteiger partial charge in [-0.2, -0.15) is 0 Å². The lowest BCUT2D eigenvalue weighted by molar-refractivity contribution is 0.220. The Morgan fingerprint density at radius 2 is 1.95 bits per heavy atom. The van der Waals surface area contributed by atoms with Gasteiger partial charge in [0.15, 0.2) is 0 Å². The van der Waals surface area contributed by atoms with Crippen molar-refractivity contribution in [2.75, 3.05) is 12.4 Å². The molecule has 0 fully saturated rings. The Kier molecular flexibility index (Phi) is 4.52. The summed E-state index contributed by atoms with van der Waals surface area (Å²) in [6.45, 7) is 6.60. The topological polar surface area (TPSA) is 71.0 Å². The summed E-state index contributed by atoms with van der Waals surface area (Å²) >= 11 is 1.51. The van der Waals surface area contributed by atoms with Gasteiger partial charge in [-0.15, -0.1) is 11.3 Å². The first-order chi connectivity index (χ1) is 9.86. The first-order valence-electron chi connectivity index (χ1n) is 6.58. The van der Waals surface area contributed by atoms with Crippen molar-refractivity contribution < 1.29 is 4.79 Å². The van der Waals surface area contributed by atoms with Gasteiger partial charge in [-0.1, -0.05) is 20.8 Å². The molecule has 0 saturated heterocycles. The molecule has 0 unspecified atom stereocenters. The monoisotopic (exact) mass is 305 g/mol. The molecular weight excluding hydrogens is 286 g/mol. The van der Waals surface area contributed by atoms with Gasteiger partial charge in [0.2, 0.25) is 0 Å². The van der Waals surface area contributed by atoms with E-state index in [0.29, 0.717) is 12.2 Å². The number of hydrogen-bond acceptors (Lipinski definition) is 5. The largest absolute Gasteiger partial charge is 0.322 e. The van der Waals surface area contributed by atoms with Crippen LogP contribution >= 0.6 is 11.3 Å². The lowest BCUT2D eigenvalue weighted by Gasteiger charge is -2.18. The first kappa shape index (κ1) is 15.4. The van der Waals surface area contributed by atoms with E-state index >= 15 is 0 Å². The third-order valence-electron chi connectivity index (χ3n) is 2.80. The van der Waals surface area contributed by atoms with E-state index in [9.17, 15) is 4.79 Å². The molecule has 2 amide bonds. The molecule has 112 valence electrons. The van der Waals surface area contributed by atoms with Crippen LogP contribution in [0.25, 0.3) is 0 Å². The average Bonchev–Trinajstić information content (AvgIpc) is 2.91. The van der Waals surface area contributed by atoms with Crippen LogP contribution in [0.2, 0.25) is 0 Å². The summed E-state index contributed by atoms with van der Waals surface area (Å²) in [5.74, 6) is 0.747. The van der Waals surface area contributed by atoms with Crippen LogP contribution in [0.4, 0.5) is 10.5 Å². The summed E-state index contributed by atoms with van der Waals surface area (Å²) in [4.78, 5) is 26.3. The highest BCUT2D eigenvalue weighted by Crippen LogP contribution is 2.18. The predicted octanol–water partition coefficient (Wildman–Crippen LogP) is 2.89. The summed E-state index contributed by atoms with van der Waals surface area (Å²) < 4.78 is 0. The molecule has 0 aliphatic heterocycles. The summed E-state index contributed by atoms with van der Waals surface area (Å²) in [6.07, 6.45) is 3.25. The Bertz CT molecular complexity index is 589. The van der Waals surface area contributed by atoms with Crippen molar-refractivity contribution in [2.45, 2.75) is 32.7 Å². The maximum absolute atomic E-state index is 12.1. The molecule has 2 aromatic heterocycles. The maximum Gasteiger partial charge on any atom is 0.322 e. The van der Waals surface area contributed by atoms with Gasteiger partial charge in [0.05, 0.1) is 35.8 Å². The number of aromatic nitrogens is 3. The van der Waals surface area contributed by atoms with Gasteiger partial charge in [-0.05, 0) is 0 Å². The van der Waals surface area contributed by atoms with Gasteiger partial charge in [-0.3, -0.25) is 0 Å². The Balaban J connectivity index is 1.96. The number of thiazole rings is 1. The molecule has 2 rings (SSSR count). The van der Waals surface area contributed by atoms with Crippen LogP contribution in [-0.4, -0.2) is 32.9 Å². The quantitative estimate of drug-likeness (QED) is 0.946. The zero-order valence-corrected chi connectivity index (χ0v) is 13.4. The smallest absolute Gasteiger partial charge is 0.322 e. The molecule has 0 saturated carbocycles. The van der Waals surface area contributed by atoms with Gasteiger partial charge < -0.3 is 10.2 Å². The molecule has 2 aromatic rings. The number of nitrogens with zero attached hydrogens (tertiary/aromatic N) is 4. The van der Waals surface area contributed by atoms with Crippen molar-refractivity contribution >= 4 is 23.1 Å². The summed E-state index contributed by atoms with van der Waals surface area (Å²) in [5, 5.41) is 4.69. The van der Waals surface area contributed by atoms with Crippen LogP contribution < -0.4 is 5.32 Å². The molecular formula is C14H19N5OS. The molecule has 0 aliphatic rings. The predicted molar refractivity (Wildman–Crippen MR) is 83.3 cm³/mol. The van der Waals surface area contributed by atoms with Crippen molar-refractivity contribution in [3.63, 3.8) is 0 Å². The first-order valence-corrected chi connectivity index (χ1v) is 7.52. The van der Waals surface area contributed by atoms with Crippen molar-refractivity contribution in [3.8, 4) is 0 Å². The van der Waals surface area contributed by atoms with E-state index < -0.39 is 0 Å². The molecule has 0 aromatic carbocycles. The Labute approximate surface area is 128 Å². The van der Waals surface area contributed by atoms with Crippen LogP contribution in [0.1, 0.15) is 32.3 Å². The molecule has 1 N–H and O–H groups in total. The normalized spacial score (nSPS) is 11.2. The molecule has 0 radical (unpaired) electrons. The minimum absolute atomic E-state index is 0.107. The highest BCUT2D eigenvalue weighted by molar-refractivity contribution is 7.07. The van der Waals surface area contributed by atoms with Crippen LogP contribution in [-0.2, 0) is 12.0 Å². The van der Waals surface area contributed by atoms with Crippen molar-refractivity contribution in [2.24, 2.45) is 0 Å². The van der Waals surface area contributed by atoms with Crippen LogP contribution in [0.5, 0.6) is 0 Å². The van der Waals surface area contributed by atoms with Gasteiger partial charge in [0.1, 0.15) is 5.82 Å². The minimum atomic E-state index is -0.213. The second kappa shape index (κ2) is 6.17. The minimum Gasteiger partial charge on any atom is -0.322 e. The maximum atomic E-state index is 12.1. The second-order valence-corrected chi connectivity index (χ2v) is 6.53. The SMILES string of the molecule is CN(Cc1cscn1)C(=O)Nc1cnc(C(C)(C)C)nc1. The standard InChI is InChI=1S/C14H19N5OS/c1-14(2,3)12-15-5-10(6-16-12)18-13(20)19(4)7-11-8-21-9-17-11/h5-6,8-9H,7H2,1-4H3,(H,18,20). The fourth-order valence-electron chi connectivity index (χ4n) is 1.63. The summed E-state index contributed by atoms with van der Waals surface area (Å²) in [5.41, 5.74) is 3.10. The van der Waals surface area contributed by atoms with E-state index in [2.05, 4.69) is 20.3 Å². The molecule has 0 bridgehead atoms. The van der Waals surface area contributed by atoms with Crippen molar-refractivity contribution in [1.82, 2.24) is 19.9 Å². The van der Waals surface area contributed by atoms with E-state index in [4.69, 9.17) is 0 Å². The van der Waals surface area contributed by atoms with Crippen LogP contribution in [0.3, 0.4) is 0 Å². The second-order valence-electron chi connectivity index (χ2n) is 5.81. The Hall–Kier alpha value is -2.02. The Morgan fingerprint density at radius 3 is 2.48 bits per heavy atom. The van der Waals surface area contributed by atoms with Crippen LogP contribution in [0.15, 0.2) is 23.3 Å². The lowest BCUT2D eigenvalue weighted by Crippen LogP contribution is -2.31. The zero-order chi connectivity index (χ0) is 15.5. The molecule has 21 heavy (non-hydrogen) atoms. The van der Waals surface area contributed by atoms with Crippen molar-refractivity contribution in [3.05, 3.63) is 34.8 Å². The van der Waals surface area contributed by atoms with Gasteiger partial charge in [0, 0.05) is 17.8 Å². The van der Waals surface area contributed by atoms with Gasteiger partial charge >= 0.3 is 6.03 Å². The molecule has 7 heteroatoms. The summed E-state index contributed by atoms with van der Waals surface area (Å²) in [6, 6.07) is -0.213. The number of urea groups is 1. The lowest BCUT2D eigenvalue weighted by atomic mass is 9.96. The van der Waals surface area contributed by atoms with Crippen LogP contribution in [0, 0.1) is 0 Å². The molecule has 6 nitrogen and oxygen atoms in total. The third kappa shape index (κ3) is 4.22.